The van der Waals surface area contributed by atoms with E-state index < -0.39 is 0 Å². The molecule has 1 N–H and O–H groups in total. The van der Waals surface area contributed by atoms with Gasteiger partial charge in [0.2, 0.25) is 5.91 Å². The monoisotopic (exact) mass is 366 g/mol. The summed E-state index contributed by atoms with van der Waals surface area (Å²) in [5, 5.41) is 2.96. The third-order valence-electron chi connectivity index (χ3n) is 4.78. The van der Waals surface area contributed by atoms with Crippen molar-refractivity contribution in [2.45, 2.75) is 26.7 Å². The Hall–Kier alpha value is -2.82. The highest BCUT2D eigenvalue weighted by atomic mass is 16.5. The molecule has 1 atom stereocenters. The van der Waals surface area contributed by atoms with E-state index in [-0.39, 0.29) is 17.7 Å². The summed E-state index contributed by atoms with van der Waals surface area (Å²) in [4.78, 5) is 27.2. The number of nitrogens with one attached hydrogen (secondary N) is 1. The first-order chi connectivity index (χ1) is 13.1. The van der Waals surface area contributed by atoms with Crippen molar-refractivity contribution in [3.63, 3.8) is 0 Å². The van der Waals surface area contributed by atoms with Gasteiger partial charge in [0.1, 0.15) is 5.75 Å². The molecule has 2 amide bonds. The molecule has 0 radical (unpaired) electrons. The van der Waals surface area contributed by atoms with Gasteiger partial charge in [-0.1, -0.05) is 17.7 Å². The first-order valence-corrected chi connectivity index (χ1v) is 9.46. The number of nitrogens with zero attached hydrogens (tertiary/aromatic N) is 1. The average Bonchev–Trinajstić information content (AvgIpc) is 2.69. The lowest BCUT2D eigenvalue weighted by molar-refractivity contribution is -0.121. The van der Waals surface area contributed by atoms with Crippen molar-refractivity contribution in [1.29, 1.82) is 0 Å². The molecule has 1 aliphatic rings. The van der Waals surface area contributed by atoms with Gasteiger partial charge in [-0.05, 0) is 63.1 Å². The molecule has 0 bridgehead atoms. The van der Waals surface area contributed by atoms with Gasteiger partial charge in [0.25, 0.3) is 5.91 Å². The van der Waals surface area contributed by atoms with Crippen molar-refractivity contribution in [3.05, 3.63) is 59.7 Å². The van der Waals surface area contributed by atoms with Gasteiger partial charge in [-0.3, -0.25) is 9.59 Å². The number of aryl methyl sites for hydroxylation is 1. The Labute approximate surface area is 160 Å². The number of carbonyl (C=O) groups excluding carboxylic acids is 2. The van der Waals surface area contributed by atoms with Gasteiger partial charge in [-0.25, -0.2) is 0 Å². The number of rotatable bonds is 5. The maximum atomic E-state index is 12.8. The van der Waals surface area contributed by atoms with Crippen LogP contribution in [0.25, 0.3) is 0 Å². The van der Waals surface area contributed by atoms with Crippen LogP contribution in [0.4, 0.5) is 5.69 Å². The van der Waals surface area contributed by atoms with Gasteiger partial charge >= 0.3 is 0 Å². The van der Waals surface area contributed by atoms with E-state index in [9.17, 15) is 9.59 Å². The van der Waals surface area contributed by atoms with E-state index in [1.165, 1.54) is 0 Å². The van der Waals surface area contributed by atoms with E-state index in [0.29, 0.717) is 25.3 Å². The van der Waals surface area contributed by atoms with E-state index in [2.05, 4.69) is 5.32 Å². The highest BCUT2D eigenvalue weighted by Gasteiger charge is 2.29. The molecule has 2 aromatic rings. The SMILES string of the molecule is CCOc1ccc(NC(=O)[C@@H]2CCCN(C(=O)c3cccc(C)c3)C2)cc1. The number of likely N-dealkylation sites (tertiary alicyclic amines) is 1. The molecule has 0 aliphatic carbocycles. The second kappa shape index (κ2) is 8.71. The average molecular weight is 366 g/mol. The highest BCUT2D eigenvalue weighted by Crippen LogP contribution is 2.22. The van der Waals surface area contributed by atoms with Crippen molar-refractivity contribution in [1.82, 2.24) is 4.90 Å². The lowest BCUT2D eigenvalue weighted by Gasteiger charge is -2.32. The molecule has 1 heterocycles. The van der Waals surface area contributed by atoms with Crippen molar-refractivity contribution >= 4 is 17.5 Å². The van der Waals surface area contributed by atoms with E-state index >= 15 is 0 Å². The molecule has 1 fully saturated rings. The zero-order chi connectivity index (χ0) is 19.2. The first kappa shape index (κ1) is 19.0. The zero-order valence-corrected chi connectivity index (χ0v) is 15.9. The van der Waals surface area contributed by atoms with Crippen LogP contribution >= 0.6 is 0 Å². The summed E-state index contributed by atoms with van der Waals surface area (Å²) < 4.78 is 5.42. The summed E-state index contributed by atoms with van der Waals surface area (Å²) in [7, 11) is 0. The number of ether oxygens (including phenoxy) is 1. The predicted molar refractivity (Wildman–Crippen MR) is 106 cm³/mol. The van der Waals surface area contributed by atoms with Crippen LogP contribution < -0.4 is 10.1 Å². The first-order valence-electron chi connectivity index (χ1n) is 9.46. The van der Waals surface area contributed by atoms with Crippen LogP contribution in [0.2, 0.25) is 0 Å². The smallest absolute Gasteiger partial charge is 0.253 e. The summed E-state index contributed by atoms with van der Waals surface area (Å²) in [6.07, 6.45) is 1.62. The molecular weight excluding hydrogens is 340 g/mol. The van der Waals surface area contributed by atoms with Gasteiger partial charge < -0.3 is 15.0 Å². The molecule has 0 saturated carbocycles. The highest BCUT2D eigenvalue weighted by molar-refractivity contribution is 5.96. The maximum Gasteiger partial charge on any atom is 0.253 e. The fourth-order valence-corrected chi connectivity index (χ4v) is 3.38. The number of hydrogen-bond acceptors (Lipinski definition) is 3. The number of hydrogen-bond donors (Lipinski definition) is 1. The summed E-state index contributed by atoms with van der Waals surface area (Å²) in [5.41, 5.74) is 2.48. The molecule has 0 spiro atoms. The summed E-state index contributed by atoms with van der Waals surface area (Å²) in [6, 6.07) is 14.9. The Balaban J connectivity index is 1.61. The summed E-state index contributed by atoms with van der Waals surface area (Å²) in [6.45, 7) is 5.66. The topological polar surface area (TPSA) is 58.6 Å². The second-order valence-electron chi connectivity index (χ2n) is 6.91. The van der Waals surface area contributed by atoms with E-state index in [1.807, 2.05) is 62.4 Å². The van der Waals surface area contributed by atoms with Crippen LogP contribution in [-0.2, 0) is 4.79 Å². The Morgan fingerprint density at radius 1 is 1.19 bits per heavy atom. The minimum atomic E-state index is -0.195. The Morgan fingerprint density at radius 2 is 1.96 bits per heavy atom. The lowest BCUT2D eigenvalue weighted by Crippen LogP contribution is -2.43. The number of anilines is 1. The molecule has 1 aliphatic heterocycles. The fraction of sp³-hybridized carbons (Fsp3) is 0.364. The zero-order valence-electron chi connectivity index (χ0n) is 15.9. The van der Waals surface area contributed by atoms with Gasteiger partial charge in [0, 0.05) is 24.3 Å². The fourth-order valence-electron chi connectivity index (χ4n) is 3.38. The third-order valence-corrected chi connectivity index (χ3v) is 4.78. The molecule has 142 valence electrons. The molecule has 5 nitrogen and oxygen atoms in total. The quantitative estimate of drug-likeness (QED) is 0.873. The number of carbonyl (C=O) groups is 2. The van der Waals surface area contributed by atoms with Crippen molar-refractivity contribution in [3.8, 4) is 5.75 Å². The normalized spacial score (nSPS) is 16.7. The number of piperidine rings is 1. The van der Waals surface area contributed by atoms with Crippen LogP contribution in [0, 0.1) is 12.8 Å². The van der Waals surface area contributed by atoms with Crippen molar-refractivity contribution in [2.75, 3.05) is 25.0 Å². The van der Waals surface area contributed by atoms with Crippen LogP contribution in [0.5, 0.6) is 5.75 Å². The Kier molecular flexibility index (Phi) is 6.12. The summed E-state index contributed by atoms with van der Waals surface area (Å²) in [5.74, 6) is 0.542. The third kappa shape index (κ3) is 4.88. The van der Waals surface area contributed by atoms with Crippen molar-refractivity contribution < 1.29 is 14.3 Å². The minimum absolute atomic E-state index is 0.00253. The van der Waals surface area contributed by atoms with Crippen LogP contribution in [0.1, 0.15) is 35.7 Å². The number of amides is 2. The molecular formula is C22H26N2O3. The maximum absolute atomic E-state index is 12.8. The van der Waals surface area contributed by atoms with E-state index in [0.717, 1.165) is 29.8 Å². The molecule has 27 heavy (non-hydrogen) atoms. The molecule has 1 saturated heterocycles. The van der Waals surface area contributed by atoms with E-state index in [4.69, 9.17) is 4.74 Å². The van der Waals surface area contributed by atoms with Gasteiger partial charge in [0.05, 0.1) is 12.5 Å². The largest absolute Gasteiger partial charge is 0.494 e. The van der Waals surface area contributed by atoms with Crippen LogP contribution in [-0.4, -0.2) is 36.4 Å². The Morgan fingerprint density at radius 3 is 2.67 bits per heavy atom. The Bertz CT molecular complexity index is 801. The second-order valence-corrected chi connectivity index (χ2v) is 6.91. The lowest BCUT2D eigenvalue weighted by atomic mass is 9.96. The number of benzene rings is 2. The molecule has 0 aromatic heterocycles. The minimum Gasteiger partial charge on any atom is -0.494 e. The van der Waals surface area contributed by atoms with Gasteiger partial charge in [-0.15, -0.1) is 0 Å². The standard InChI is InChI=1S/C22H26N2O3/c1-3-27-20-11-9-19(10-12-20)23-21(25)18-8-5-13-24(15-18)22(26)17-7-4-6-16(2)14-17/h4,6-7,9-12,14,18H,3,5,8,13,15H2,1-2H3,(H,23,25)/t18-/m1/s1. The molecule has 0 unspecified atom stereocenters. The van der Waals surface area contributed by atoms with Crippen molar-refractivity contribution in [2.24, 2.45) is 5.92 Å². The molecule has 2 aromatic carbocycles. The van der Waals surface area contributed by atoms with Gasteiger partial charge in [0.15, 0.2) is 0 Å². The molecule has 3 rings (SSSR count). The van der Waals surface area contributed by atoms with E-state index in [1.54, 1.807) is 4.90 Å². The van der Waals surface area contributed by atoms with Crippen LogP contribution in [0.15, 0.2) is 48.5 Å². The van der Waals surface area contributed by atoms with Gasteiger partial charge in [-0.2, -0.15) is 0 Å². The predicted octanol–water partition coefficient (Wildman–Crippen LogP) is 3.88. The summed E-state index contributed by atoms with van der Waals surface area (Å²) >= 11 is 0. The molecule has 5 heteroatoms. The van der Waals surface area contributed by atoms with Crippen LogP contribution in [0.3, 0.4) is 0 Å².